The second-order valence-corrected chi connectivity index (χ2v) is 4.26. The van der Waals surface area contributed by atoms with Crippen molar-refractivity contribution in [2.75, 3.05) is 20.7 Å². The predicted octanol–water partition coefficient (Wildman–Crippen LogP) is 2.78. The highest BCUT2D eigenvalue weighted by atomic mass is 79.9. The maximum Gasteiger partial charge on any atom is 0.122 e. The summed E-state index contributed by atoms with van der Waals surface area (Å²) in [4.78, 5) is 0. The van der Waals surface area contributed by atoms with E-state index >= 15 is 0 Å². The highest BCUT2D eigenvalue weighted by molar-refractivity contribution is 9.10. The van der Waals surface area contributed by atoms with Crippen molar-refractivity contribution in [2.45, 2.75) is 12.8 Å². The lowest BCUT2D eigenvalue weighted by Gasteiger charge is -2.15. The Kier molecular flexibility index (Phi) is 4.42. The van der Waals surface area contributed by atoms with Crippen molar-refractivity contribution in [2.24, 2.45) is 0 Å². The van der Waals surface area contributed by atoms with E-state index in [2.05, 4.69) is 34.2 Å². The Labute approximate surface area is 93.8 Å². The van der Waals surface area contributed by atoms with Crippen molar-refractivity contribution in [1.82, 2.24) is 5.32 Å². The first-order chi connectivity index (χ1) is 6.69. The SMILES string of the molecule is CNC[C@H](C)c1cc(Br)ccc1OC. The van der Waals surface area contributed by atoms with Gasteiger partial charge in [0.05, 0.1) is 7.11 Å². The summed E-state index contributed by atoms with van der Waals surface area (Å²) in [6, 6.07) is 6.10. The van der Waals surface area contributed by atoms with Crippen molar-refractivity contribution in [3.8, 4) is 5.75 Å². The lowest BCUT2D eigenvalue weighted by atomic mass is 10.0. The Morgan fingerprint density at radius 1 is 1.50 bits per heavy atom. The predicted molar refractivity (Wildman–Crippen MR) is 63.0 cm³/mol. The van der Waals surface area contributed by atoms with Crippen LogP contribution in [0.5, 0.6) is 5.75 Å². The summed E-state index contributed by atoms with van der Waals surface area (Å²) in [5.74, 6) is 1.41. The minimum absolute atomic E-state index is 0.451. The molecular weight excluding hydrogens is 242 g/mol. The van der Waals surface area contributed by atoms with Gasteiger partial charge >= 0.3 is 0 Å². The number of halogens is 1. The van der Waals surface area contributed by atoms with E-state index in [4.69, 9.17) is 4.74 Å². The van der Waals surface area contributed by atoms with Crippen molar-refractivity contribution >= 4 is 15.9 Å². The van der Waals surface area contributed by atoms with Crippen LogP contribution in [0, 0.1) is 0 Å². The van der Waals surface area contributed by atoms with Gasteiger partial charge in [0, 0.05) is 11.0 Å². The molecule has 78 valence electrons. The van der Waals surface area contributed by atoms with E-state index in [1.807, 2.05) is 19.2 Å². The first-order valence-corrected chi connectivity index (χ1v) is 5.46. The summed E-state index contributed by atoms with van der Waals surface area (Å²) in [5.41, 5.74) is 1.23. The molecule has 0 aromatic heterocycles. The van der Waals surface area contributed by atoms with E-state index in [1.165, 1.54) is 5.56 Å². The molecule has 0 aliphatic carbocycles. The second kappa shape index (κ2) is 5.37. The number of rotatable bonds is 4. The van der Waals surface area contributed by atoms with E-state index < -0.39 is 0 Å². The molecule has 0 aliphatic rings. The maximum absolute atomic E-state index is 5.32. The average molecular weight is 258 g/mol. The van der Waals surface area contributed by atoms with Gasteiger partial charge in [-0.25, -0.2) is 0 Å². The van der Waals surface area contributed by atoms with Gasteiger partial charge in [-0.05, 0) is 36.7 Å². The van der Waals surface area contributed by atoms with Gasteiger partial charge in [-0.1, -0.05) is 22.9 Å². The van der Waals surface area contributed by atoms with Crippen LogP contribution in [-0.2, 0) is 0 Å². The number of likely N-dealkylation sites (N-methyl/N-ethyl adjacent to an activating group) is 1. The van der Waals surface area contributed by atoms with Crippen LogP contribution in [0.1, 0.15) is 18.4 Å². The van der Waals surface area contributed by atoms with Crippen LogP contribution in [-0.4, -0.2) is 20.7 Å². The molecule has 1 aromatic rings. The normalized spacial score (nSPS) is 12.6. The van der Waals surface area contributed by atoms with Gasteiger partial charge in [-0.15, -0.1) is 0 Å². The zero-order valence-electron chi connectivity index (χ0n) is 8.80. The zero-order chi connectivity index (χ0) is 10.6. The largest absolute Gasteiger partial charge is 0.496 e. The van der Waals surface area contributed by atoms with E-state index in [0.29, 0.717) is 5.92 Å². The van der Waals surface area contributed by atoms with Crippen molar-refractivity contribution < 1.29 is 4.74 Å². The summed E-state index contributed by atoms with van der Waals surface area (Å²) in [6.45, 7) is 3.13. The first kappa shape index (κ1) is 11.5. The average Bonchev–Trinajstić information content (AvgIpc) is 2.18. The molecule has 0 amide bonds. The maximum atomic E-state index is 5.32. The molecule has 0 bridgehead atoms. The van der Waals surface area contributed by atoms with Gasteiger partial charge < -0.3 is 10.1 Å². The van der Waals surface area contributed by atoms with Crippen LogP contribution in [0.25, 0.3) is 0 Å². The van der Waals surface area contributed by atoms with Crippen molar-refractivity contribution in [3.63, 3.8) is 0 Å². The monoisotopic (exact) mass is 257 g/mol. The molecule has 0 saturated carbocycles. The molecule has 0 radical (unpaired) electrons. The molecular formula is C11H16BrNO. The molecule has 1 N–H and O–H groups in total. The summed E-state index contributed by atoms with van der Waals surface area (Å²) in [5, 5.41) is 3.17. The lowest BCUT2D eigenvalue weighted by molar-refractivity contribution is 0.405. The molecule has 0 saturated heterocycles. The molecule has 0 spiro atoms. The summed E-state index contributed by atoms with van der Waals surface area (Å²) in [7, 11) is 3.67. The zero-order valence-corrected chi connectivity index (χ0v) is 10.4. The molecule has 0 heterocycles. The molecule has 1 aromatic carbocycles. The number of ether oxygens (including phenoxy) is 1. The molecule has 2 nitrogen and oxygen atoms in total. The van der Waals surface area contributed by atoms with Crippen LogP contribution in [0.3, 0.4) is 0 Å². The van der Waals surface area contributed by atoms with E-state index in [0.717, 1.165) is 16.8 Å². The molecule has 0 aliphatic heterocycles. The van der Waals surface area contributed by atoms with Gasteiger partial charge in [0.1, 0.15) is 5.75 Å². The van der Waals surface area contributed by atoms with Gasteiger partial charge in [0.25, 0.3) is 0 Å². The van der Waals surface area contributed by atoms with E-state index in [1.54, 1.807) is 7.11 Å². The second-order valence-electron chi connectivity index (χ2n) is 3.34. The third-order valence-corrected chi connectivity index (χ3v) is 2.73. The van der Waals surface area contributed by atoms with E-state index in [9.17, 15) is 0 Å². The number of benzene rings is 1. The molecule has 0 unspecified atom stereocenters. The summed E-state index contributed by atoms with van der Waals surface area (Å²) in [6.07, 6.45) is 0. The Bertz CT molecular complexity index is 301. The Morgan fingerprint density at radius 3 is 2.79 bits per heavy atom. The number of nitrogens with one attached hydrogen (secondary N) is 1. The van der Waals surface area contributed by atoms with Gasteiger partial charge in [-0.2, -0.15) is 0 Å². The van der Waals surface area contributed by atoms with Gasteiger partial charge in [-0.3, -0.25) is 0 Å². The third-order valence-electron chi connectivity index (χ3n) is 2.23. The summed E-state index contributed by atoms with van der Waals surface area (Å²) < 4.78 is 6.41. The van der Waals surface area contributed by atoms with Crippen LogP contribution < -0.4 is 10.1 Å². The third kappa shape index (κ3) is 2.72. The van der Waals surface area contributed by atoms with Gasteiger partial charge in [0.15, 0.2) is 0 Å². The van der Waals surface area contributed by atoms with Crippen LogP contribution in [0.15, 0.2) is 22.7 Å². The molecule has 3 heteroatoms. The van der Waals surface area contributed by atoms with Crippen LogP contribution in [0.2, 0.25) is 0 Å². The molecule has 0 fully saturated rings. The summed E-state index contributed by atoms with van der Waals surface area (Å²) >= 11 is 3.47. The fourth-order valence-electron chi connectivity index (χ4n) is 1.51. The smallest absolute Gasteiger partial charge is 0.122 e. The van der Waals surface area contributed by atoms with Crippen LogP contribution in [0.4, 0.5) is 0 Å². The Balaban J connectivity index is 2.97. The number of hydrogen-bond donors (Lipinski definition) is 1. The molecule has 1 atom stereocenters. The number of methoxy groups -OCH3 is 1. The Morgan fingerprint density at radius 2 is 2.21 bits per heavy atom. The minimum atomic E-state index is 0.451. The Hall–Kier alpha value is -0.540. The van der Waals surface area contributed by atoms with Gasteiger partial charge in [0.2, 0.25) is 0 Å². The topological polar surface area (TPSA) is 21.3 Å². The fraction of sp³-hybridized carbons (Fsp3) is 0.455. The fourth-order valence-corrected chi connectivity index (χ4v) is 1.89. The highest BCUT2D eigenvalue weighted by Crippen LogP contribution is 2.29. The minimum Gasteiger partial charge on any atom is -0.496 e. The number of hydrogen-bond acceptors (Lipinski definition) is 2. The quantitative estimate of drug-likeness (QED) is 0.896. The molecule has 1 rings (SSSR count). The van der Waals surface area contributed by atoms with E-state index in [-0.39, 0.29) is 0 Å². The van der Waals surface area contributed by atoms with Crippen molar-refractivity contribution in [1.29, 1.82) is 0 Å². The lowest BCUT2D eigenvalue weighted by Crippen LogP contribution is -2.15. The van der Waals surface area contributed by atoms with Crippen molar-refractivity contribution in [3.05, 3.63) is 28.2 Å². The standard InChI is InChI=1S/C11H16BrNO/c1-8(7-13-2)10-6-9(12)4-5-11(10)14-3/h4-6,8,13H,7H2,1-3H3/t8-/m0/s1. The highest BCUT2D eigenvalue weighted by Gasteiger charge is 2.10. The first-order valence-electron chi connectivity index (χ1n) is 4.67. The molecule has 14 heavy (non-hydrogen) atoms. The van der Waals surface area contributed by atoms with Crippen LogP contribution >= 0.6 is 15.9 Å².